The minimum Gasteiger partial charge on any atom is -0.465 e. The second kappa shape index (κ2) is 23.2. The fourth-order valence-electron chi connectivity index (χ4n) is 3.34. The van der Waals surface area contributed by atoms with Gasteiger partial charge in [0.1, 0.15) is 11.9 Å². The van der Waals surface area contributed by atoms with Crippen molar-refractivity contribution >= 4 is 17.7 Å². The molecule has 38 heavy (non-hydrogen) atoms. The van der Waals surface area contributed by atoms with Crippen molar-refractivity contribution in [2.24, 2.45) is 5.41 Å². The SMILES string of the molecule is CCC=CCC=CCC=CCC=CCC=CCC=CCC(=O)OCC(C)(C)C(OC)C(=O)NCCC(C)=O. The van der Waals surface area contributed by atoms with Crippen LogP contribution in [0.15, 0.2) is 72.9 Å². The number of ketones is 1. The molecule has 1 N–H and O–H groups in total. The van der Waals surface area contributed by atoms with Crippen LogP contribution in [0.25, 0.3) is 0 Å². The van der Waals surface area contributed by atoms with Crippen LogP contribution in [0.3, 0.4) is 0 Å². The van der Waals surface area contributed by atoms with Crippen LogP contribution in [0.1, 0.15) is 79.1 Å². The topological polar surface area (TPSA) is 81.7 Å². The van der Waals surface area contributed by atoms with E-state index in [0.29, 0.717) is 0 Å². The molecule has 0 saturated heterocycles. The molecular weight excluding hydrogens is 478 g/mol. The van der Waals surface area contributed by atoms with Gasteiger partial charge in [-0.3, -0.25) is 14.4 Å². The molecule has 1 atom stereocenters. The Morgan fingerprint density at radius 3 is 1.63 bits per heavy atom. The Balaban J connectivity index is 4.09. The molecule has 1 amide bonds. The highest BCUT2D eigenvalue weighted by Crippen LogP contribution is 2.24. The first-order chi connectivity index (χ1) is 18.2. The van der Waals surface area contributed by atoms with Gasteiger partial charge in [-0.05, 0) is 45.4 Å². The van der Waals surface area contributed by atoms with Crippen molar-refractivity contribution in [1.82, 2.24) is 5.32 Å². The smallest absolute Gasteiger partial charge is 0.309 e. The first-order valence-corrected chi connectivity index (χ1v) is 13.6. The zero-order chi connectivity index (χ0) is 28.5. The van der Waals surface area contributed by atoms with Gasteiger partial charge in [0.15, 0.2) is 0 Å². The first-order valence-electron chi connectivity index (χ1n) is 13.6. The molecule has 6 heteroatoms. The maximum absolute atomic E-state index is 12.4. The summed E-state index contributed by atoms with van der Waals surface area (Å²) in [7, 11) is 1.44. The molecule has 0 spiro atoms. The van der Waals surface area contributed by atoms with Crippen molar-refractivity contribution < 1.29 is 23.9 Å². The number of ether oxygens (including phenoxy) is 2. The van der Waals surface area contributed by atoms with E-state index in [1.807, 2.05) is 6.08 Å². The number of Topliss-reactive ketones (excluding diaryl/α,β-unsaturated/α-hetero) is 1. The summed E-state index contributed by atoms with van der Waals surface area (Å²) in [5.41, 5.74) is -0.719. The van der Waals surface area contributed by atoms with E-state index in [9.17, 15) is 14.4 Å². The molecule has 0 aromatic rings. The first kappa shape index (κ1) is 35.0. The molecule has 0 heterocycles. The van der Waals surface area contributed by atoms with Gasteiger partial charge in [-0.1, -0.05) is 93.7 Å². The normalized spacial score (nSPS) is 13.6. The number of hydrogen-bond acceptors (Lipinski definition) is 5. The summed E-state index contributed by atoms with van der Waals surface area (Å²) in [5.74, 6) is -0.682. The zero-order valence-electron chi connectivity index (χ0n) is 24.1. The third kappa shape index (κ3) is 20.1. The summed E-state index contributed by atoms with van der Waals surface area (Å²) >= 11 is 0. The molecule has 0 aromatic heterocycles. The molecule has 0 aliphatic carbocycles. The van der Waals surface area contributed by atoms with E-state index < -0.39 is 11.5 Å². The van der Waals surface area contributed by atoms with Gasteiger partial charge in [0, 0.05) is 25.5 Å². The average Bonchev–Trinajstić information content (AvgIpc) is 2.87. The van der Waals surface area contributed by atoms with Gasteiger partial charge in [-0.2, -0.15) is 0 Å². The number of carbonyl (C=O) groups is 3. The van der Waals surface area contributed by atoms with Crippen molar-refractivity contribution in [2.45, 2.75) is 85.2 Å². The van der Waals surface area contributed by atoms with Crippen LogP contribution in [0.5, 0.6) is 0 Å². The van der Waals surface area contributed by atoms with Gasteiger partial charge in [0.05, 0.1) is 13.0 Å². The number of rotatable bonds is 21. The standard InChI is InChI=1S/C32H49NO5/c1-6-7-8-9-10-11-12-13-14-15-16-17-18-19-20-21-22-23-24-29(35)38-27-32(3,4)30(37-5)31(36)33-26-25-28(2)34/h7-8,10-11,13-14,16-17,19-20,22-23,30H,6,9,12,15,18,21,24-27H2,1-5H3,(H,33,36). The predicted octanol–water partition coefficient (Wildman–Crippen LogP) is 6.75. The molecule has 0 rings (SSSR count). The lowest BCUT2D eigenvalue weighted by molar-refractivity contribution is -0.154. The molecular formula is C32H49NO5. The highest BCUT2D eigenvalue weighted by Gasteiger charge is 2.36. The summed E-state index contributed by atoms with van der Waals surface area (Å²) in [5, 5.41) is 2.69. The fourth-order valence-corrected chi connectivity index (χ4v) is 3.34. The average molecular weight is 528 g/mol. The maximum atomic E-state index is 12.4. The maximum Gasteiger partial charge on any atom is 0.309 e. The number of esters is 1. The molecule has 0 aromatic carbocycles. The number of nitrogens with one attached hydrogen (secondary N) is 1. The minimum absolute atomic E-state index is 0.00172. The summed E-state index contributed by atoms with van der Waals surface area (Å²) in [6.45, 7) is 7.52. The number of hydrogen-bond donors (Lipinski definition) is 1. The minimum atomic E-state index is -0.798. The highest BCUT2D eigenvalue weighted by atomic mass is 16.5. The Hall–Kier alpha value is -2.99. The largest absolute Gasteiger partial charge is 0.465 e. The Kier molecular flexibility index (Phi) is 21.3. The molecule has 212 valence electrons. The molecule has 0 aliphatic rings. The van der Waals surface area contributed by atoms with Gasteiger partial charge in [0.2, 0.25) is 5.91 Å². The van der Waals surface area contributed by atoms with Gasteiger partial charge in [0.25, 0.3) is 0 Å². The highest BCUT2D eigenvalue weighted by molar-refractivity contribution is 5.82. The van der Waals surface area contributed by atoms with Crippen LogP contribution < -0.4 is 5.32 Å². The Labute approximate surface area is 230 Å². The zero-order valence-corrected chi connectivity index (χ0v) is 24.1. The van der Waals surface area contributed by atoms with Crippen molar-refractivity contribution in [3.8, 4) is 0 Å². The molecule has 0 radical (unpaired) electrons. The lowest BCUT2D eigenvalue weighted by Gasteiger charge is -2.31. The molecule has 1 unspecified atom stereocenters. The van der Waals surface area contributed by atoms with Crippen molar-refractivity contribution in [2.75, 3.05) is 20.3 Å². The van der Waals surface area contributed by atoms with Crippen molar-refractivity contribution in [3.63, 3.8) is 0 Å². The van der Waals surface area contributed by atoms with Gasteiger partial charge >= 0.3 is 5.97 Å². The second-order valence-corrected chi connectivity index (χ2v) is 9.63. The van der Waals surface area contributed by atoms with Crippen molar-refractivity contribution in [3.05, 3.63) is 72.9 Å². The van der Waals surface area contributed by atoms with E-state index in [2.05, 4.69) is 73.0 Å². The van der Waals surface area contributed by atoms with E-state index >= 15 is 0 Å². The van der Waals surface area contributed by atoms with Crippen LogP contribution in [0.2, 0.25) is 0 Å². The molecule has 6 nitrogen and oxygen atoms in total. The molecule has 0 saturated carbocycles. The molecule has 0 fully saturated rings. The Morgan fingerprint density at radius 1 is 0.763 bits per heavy atom. The van der Waals surface area contributed by atoms with E-state index in [0.717, 1.165) is 38.5 Å². The fraction of sp³-hybridized carbons (Fsp3) is 0.531. The number of methoxy groups -OCH3 is 1. The summed E-state index contributed by atoms with van der Waals surface area (Å²) in [6.07, 6.45) is 30.6. The number of carbonyl (C=O) groups excluding carboxylic acids is 3. The molecule has 0 bridgehead atoms. The van der Waals surface area contributed by atoms with Crippen molar-refractivity contribution in [1.29, 1.82) is 0 Å². The van der Waals surface area contributed by atoms with Crippen LogP contribution >= 0.6 is 0 Å². The van der Waals surface area contributed by atoms with Crippen LogP contribution in [0, 0.1) is 5.41 Å². The van der Waals surface area contributed by atoms with Crippen LogP contribution in [-0.4, -0.2) is 44.0 Å². The quantitative estimate of drug-likeness (QED) is 0.132. The lowest BCUT2D eigenvalue weighted by atomic mass is 9.86. The van der Waals surface area contributed by atoms with Crippen LogP contribution in [0.4, 0.5) is 0 Å². The number of amides is 1. The predicted molar refractivity (Wildman–Crippen MR) is 157 cm³/mol. The Bertz CT molecular complexity index is 846. The summed E-state index contributed by atoms with van der Waals surface area (Å²) in [4.78, 5) is 35.5. The van der Waals surface area contributed by atoms with E-state index in [1.54, 1.807) is 19.9 Å². The van der Waals surface area contributed by atoms with E-state index in [4.69, 9.17) is 9.47 Å². The third-order valence-corrected chi connectivity index (χ3v) is 5.45. The van der Waals surface area contributed by atoms with Gasteiger partial charge in [-0.15, -0.1) is 0 Å². The lowest BCUT2D eigenvalue weighted by Crippen LogP contribution is -2.47. The number of allylic oxidation sites excluding steroid dienone is 11. The molecule has 0 aliphatic heterocycles. The monoisotopic (exact) mass is 527 g/mol. The Morgan fingerprint density at radius 2 is 1.21 bits per heavy atom. The summed E-state index contributed by atoms with van der Waals surface area (Å²) < 4.78 is 10.7. The third-order valence-electron chi connectivity index (χ3n) is 5.45. The second-order valence-electron chi connectivity index (χ2n) is 9.63. The van der Waals surface area contributed by atoms with Gasteiger partial charge in [-0.25, -0.2) is 0 Å². The summed E-state index contributed by atoms with van der Waals surface area (Å²) in [6, 6.07) is 0. The van der Waals surface area contributed by atoms with E-state index in [-0.39, 0.29) is 43.7 Å². The van der Waals surface area contributed by atoms with Gasteiger partial charge < -0.3 is 14.8 Å². The van der Waals surface area contributed by atoms with Crippen LogP contribution in [-0.2, 0) is 23.9 Å². The van der Waals surface area contributed by atoms with E-state index in [1.165, 1.54) is 14.0 Å².